The number of rotatable bonds is 7. The van der Waals surface area contributed by atoms with Crippen LogP contribution in [0.4, 0.5) is 0 Å². The number of aromatic nitrogens is 2. The van der Waals surface area contributed by atoms with E-state index in [0.29, 0.717) is 30.8 Å². The van der Waals surface area contributed by atoms with Gasteiger partial charge in [0.05, 0.1) is 10.9 Å². The van der Waals surface area contributed by atoms with Crippen LogP contribution >= 0.6 is 0 Å². The molecule has 2 aromatic rings. The average molecular weight is 502 g/mol. The van der Waals surface area contributed by atoms with Crippen LogP contribution < -0.4 is 15.4 Å². The lowest BCUT2D eigenvalue weighted by atomic mass is 10.0. The van der Waals surface area contributed by atoms with Crippen LogP contribution in [0.5, 0.6) is 0 Å². The van der Waals surface area contributed by atoms with Crippen molar-refractivity contribution in [3.05, 3.63) is 54.1 Å². The molecule has 2 atom stereocenters. The summed E-state index contributed by atoms with van der Waals surface area (Å²) in [6.45, 7) is 3.99. The van der Waals surface area contributed by atoms with Crippen LogP contribution in [0.2, 0.25) is 0 Å². The second-order valence-corrected chi connectivity index (χ2v) is 10.6. The highest BCUT2D eigenvalue weighted by molar-refractivity contribution is 7.89. The third kappa shape index (κ3) is 7.66. The van der Waals surface area contributed by atoms with Gasteiger partial charge in [-0.2, -0.15) is 4.72 Å². The summed E-state index contributed by atoms with van der Waals surface area (Å²) in [5.74, 6) is -1.59. The zero-order valence-corrected chi connectivity index (χ0v) is 20.7. The number of hydrogen-bond donors (Lipinski definition) is 3. The van der Waals surface area contributed by atoms with Crippen molar-refractivity contribution in [2.75, 3.05) is 6.54 Å². The number of carbonyl (C=O) groups is 3. The Morgan fingerprint density at radius 1 is 1.14 bits per heavy atom. The molecule has 0 saturated carbocycles. The first-order chi connectivity index (χ1) is 16.7. The fraction of sp³-hybridized carbons (Fsp3) is 0.458. The van der Waals surface area contributed by atoms with Crippen molar-refractivity contribution in [1.29, 1.82) is 0 Å². The Labute approximate surface area is 205 Å². The fourth-order valence-electron chi connectivity index (χ4n) is 3.76. The molecule has 1 aliphatic rings. The maximum Gasteiger partial charge on any atom is 0.289 e. The van der Waals surface area contributed by atoms with Gasteiger partial charge in [-0.3, -0.25) is 14.4 Å². The molecule has 3 rings (SSSR count). The summed E-state index contributed by atoms with van der Waals surface area (Å²) < 4.78 is 28.2. The van der Waals surface area contributed by atoms with Gasteiger partial charge in [0.1, 0.15) is 11.9 Å². The first-order valence-corrected chi connectivity index (χ1v) is 13.1. The van der Waals surface area contributed by atoms with E-state index in [2.05, 4.69) is 25.3 Å². The number of benzene rings is 1. The standard InChI is InChI=1S/C24H31N5O5S/c1-16(2)15-20(29-35(33,34)18-7-4-3-5-8-18)23(31)28-19-11-10-17-12-14-25-21(27-17)9-6-13-26-24(32)22(19)30/h3-5,7-8,12,14,16,19-20,29H,6,9-11,13,15H2,1-2H3,(H,26,32)(H,28,31). The van der Waals surface area contributed by atoms with Crippen molar-refractivity contribution in [3.63, 3.8) is 0 Å². The Morgan fingerprint density at radius 2 is 1.89 bits per heavy atom. The van der Waals surface area contributed by atoms with Gasteiger partial charge < -0.3 is 10.6 Å². The molecule has 2 unspecified atom stereocenters. The molecule has 10 nitrogen and oxygen atoms in total. The molecule has 2 heterocycles. The summed E-state index contributed by atoms with van der Waals surface area (Å²) in [5, 5.41) is 5.19. The Balaban J connectivity index is 1.80. The van der Waals surface area contributed by atoms with E-state index in [1.54, 1.807) is 30.5 Å². The second-order valence-electron chi connectivity index (χ2n) is 8.90. The van der Waals surface area contributed by atoms with E-state index in [0.717, 1.165) is 0 Å². The molecule has 11 heteroatoms. The Kier molecular flexibility index (Phi) is 9.05. The molecule has 35 heavy (non-hydrogen) atoms. The maximum absolute atomic E-state index is 13.2. The van der Waals surface area contributed by atoms with E-state index < -0.39 is 39.7 Å². The number of sulfonamides is 1. The Morgan fingerprint density at radius 3 is 2.60 bits per heavy atom. The predicted molar refractivity (Wildman–Crippen MR) is 129 cm³/mol. The van der Waals surface area contributed by atoms with Crippen molar-refractivity contribution in [1.82, 2.24) is 25.3 Å². The second kappa shape index (κ2) is 12.0. The van der Waals surface area contributed by atoms with Crippen LogP contribution in [0.25, 0.3) is 0 Å². The van der Waals surface area contributed by atoms with Gasteiger partial charge >= 0.3 is 0 Å². The molecule has 1 aliphatic heterocycles. The zero-order valence-electron chi connectivity index (χ0n) is 19.9. The lowest BCUT2D eigenvalue weighted by Crippen LogP contribution is -2.54. The topological polar surface area (TPSA) is 147 Å². The summed E-state index contributed by atoms with van der Waals surface area (Å²) in [7, 11) is -3.98. The number of amides is 2. The van der Waals surface area contributed by atoms with Gasteiger partial charge in [-0.1, -0.05) is 32.0 Å². The van der Waals surface area contributed by atoms with Crippen molar-refractivity contribution >= 4 is 27.6 Å². The lowest BCUT2D eigenvalue weighted by Gasteiger charge is -2.24. The molecule has 3 N–H and O–H groups in total. The minimum absolute atomic E-state index is 0.0148. The van der Waals surface area contributed by atoms with E-state index in [4.69, 9.17) is 0 Å². The van der Waals surface area contributed by atoms with E-state index in [1.807, 2.05) is 13.8 Å². The Hall–Kier alpha value is -3.18. The molecule has 1 aromatic heterocycles. The highest BCUT2D eigenvalue weighted by Crippen LogP contribution is 2.13. The van der Waals surface area contributed by atoms with E-state index in [1.165, 1.54) is 12.1 Å². The molecule has 0 saturated heterocycles. The normalized spacial score (nSPS) is 18.2. The number of nitrogens with one attached hydrogen (secondary N) is 3. The molecule has 0 radical (unpaired) electrons. The van der Waals surface area contributed by atoms with Crippen LogP contribution in [0.15, 0.2) is 47.5 Å². The Bertz CT molecular complexity index is 1150. The molecule has 0 fully saturated rings. The van der Waals surface area contributed by atoms with Gasteiger partial charge in [-0.25, -0.2) is 18.4 Å². The number of Topliss-reactive ketones (excluding diaryl/α,β-unsaturated/α-hetero) is 1. The molecule has 0 aliphatic carbocycles. The lowest BCUT2D eigenvalue weighted by molar-refractivity contribution is -0.140. The van der Waals surface area contributed by atoms with E-state index in [9.17, 15) is 22.8 Å². The van der Waals surface area contributed by atoms with E-state index in [-0.39, 0.29) is 30.2 Å². The first kappa shape index (κ1) is 26.4. The van der Waals surface area contributed by atoms with Gasteiger partial charge in [0.15, 0.2) is 0 Å². The number of aryl methyl sites for hydroxylation is 2. The van der Waals surface area contributed by atoms with Gasteiger partial charge in [0.25, 0.3) is 5.91 Å². The van der Waals surface area contributed by atoms with Crippen LogP contribution in [-0.4, -0.2) is 54.6 Å². The third-order valence-corrected chi connectivity index (χ3v) is 7.03. The van der Waals surface area contributed by atoms with Crippen molar-refractivity contribution in [2.45, 2.75) is 62.9 Å². The van der Waals surface area contributed by atoms with Gasteiger partial charge in [0, 0.05) is 24.9 Å². The number of hydrogen-bond acceptors (Lipinski definition) is 7. The molecule has 1 aromatic carbocycles. The van der Waals surface area contributed by atoms with Crippen LogP contribution in [0.3, 0.4) is 0 Å². The van der Waals surface area contributed by atoms with Crippen molar-refractivity contribution in [2.24, 2.45) is 5.92 Å². The maximum atomic E-state index is 13.2. The number of nitrogens with zero attached hydrogens (tertiary/aromatic N) is 2. The summed E-state index contributed by atoms with van der Waals surface area (Å²) in [6, 6.07) is 7.22. The SMILES string of the molecule is CC(C)CC(NS(=O)(=O)c1ccccc1)C(=O)NC1CCc2ccnc(n2)CCCNC(=O)C1=O. The molecule has 188 valence electrons. The van der Waals surface area contributed by atoms with Crippen molar-refractivity contribution in [3.8, 4) is 0 Å². The summed E-state index contributed by atoms with van der Waals surface area (Å²) in [5.41, 5.74) is 0.701. The number of carbonyl (C=O) groups excluding carboxylic acids is 3. The molecule has 2 amide bonds. The fourth-order valence-corrected chi connectivity index (χ4v) is 4.99. The number of ketones is 1. The molecular weight excluding hydrogens is 470 g/mol. The molecule has 0 spiro atoms. The van der Waals surface area contributed by atoms with Gasteiger partial charge in [-0.15, -0.1) is 0 Å². The number of fused-ring (bicyclic) bond motifs is 2. The summed E-state index contributed by atoms with van der Waals surface area (Å²) in [6.07, 6.45) is 3.46. The van der Waals surface area contributed by atoms with Gasteiger partial charge in [-0.05, 0) is 49.8 Å². The predicted octanol–water partition coefficient (Wildman–Crippen LogP) is 0.919. The van der Waals surface area contributed by atoms with Crippen LogP contribution in [0.1, 0.15) is 44.6 Å². The zero-order chi connectivity index (χ0) is 25.4. The van der Waals surface area contributed by atoms with Crippen LogP contribution in [-0.2, 0) is 37.2 Å². The van der Waals surface area contributed by atoms with Gasteiger partial charge in [0.2, 0.25) is 21.7 Å². The minimum Gasteiger partial charge on any atom is -0.349 e. The van der Waals surface area contributed by atoms with E-state index >= 15 is 0 Å². The molecule has 2 bridgehead atoms. The minimum atomic E-state index is -3.98. The monoisotopic (exact) mass is 501 g/mol. The van der Waals surface area contributed by atoms with Crippen molar-refractivity contribution < 1.29 is 22.8 Å². The largest absolute Gasteiger partial charge is 0.349 e. The smallest absolute Gasteiger partial charge is 0.289 e. The highest BCUT2D eigenvalue weighted by atomic mass is 32.2. The highest BCUT2D eigenvalue weighted by Gasteiger charge is 2.32. The quantitative estimate of drug-likeness (QED) is 0.478. The summed E-state index contributed by atoms with van der Waals surface area (Å²) in [4.78, 5) is 47.3. The third-order valence-electron chi connectivity index (χ3n) is 5.55. The average Bonchev–Trinajstić information content (AvgIpc) is 2.83. The first-order valence-electron chi connectivity index (χ1n) is 11.7. The molecular formula is C24H31N5O5S. The summed E-state index contributed by atoms with van der Waals surface area (Å²) >= 11 is 0. The van der Waals surface area contributed by atoms with Crippen LogP contribution in [0, 0.1) is 5.92 Å².